The molecule has 0 saturated carbocycles. The number of rotatable bonds is 3. The lowest BCUT2D eigenvalue weighted by Crippen LogP contribution is -2.24. The molecule has 0 fully saturated rings. The highest BCUT2D eigenvalue weighted by molar-refractivity contribution is 5.93. The van der Waals surface area contributed by atoms with Crippen LogP contribution in [0.2, 0.25) is 0 Å². The van der Waals surface area contributed by atoms with Crippen molar-refractivity contribution in [2.45, 2.75) is 6.54 Å². The first kappa shape index (κ1) is 10.3. The number of nitrogens with two attached hydrogens (primary N) is 1. The molecule has 2 rings (SSSR count). The van der Waals surface area contributed by atoms with Gasteiger partial charge in [-0.25, -0.2) is 0 Å². The van der Waals surface area contributed by atoms with Crippen molar-refractivity contribution in [3.8, 4) is 0 Å². The van der Waals surface area contributed by atoms with E-state index in [4.69, 9.17) is 10.2 Å². The minimum atomic E-state index is -0.233. The third-order valence-corrected chi connectivity index (χ3v) is 2.13. The van der Waals surface area contributed by atoms with Gasteiger partial charge < -0.3 is 15.5 Å². The SMILES string of the molecule is Cn1nc(N)cc1C(=O)NCc1ccco1. The summed E-state index contributed by atoms with van der Waals surface area (Å²) < 4.78 is 6.53. The number of nitrogens with one attached hydrogen (secondary N) is 1. The molecular formula is C10H12N4O2. The van der Waals surface area contributed by atoms with Gasteiger partial charge >= 0.3 is 0 Å². The lowest BCUT2D eigenvalue weighted by Gasteiger charge is -2.02. The number of nitrogens with zero attached hydrogens (tertiary/aromatic N) is 2. The van der Waals surface area contributed by atoms with Gasteiger partial charge in [-0.3, -0.25) is 9.48 Å². The minimum Gasteiger partial charge on any atom is -0.467 e. The summed E-state index contributed by atoms with van der Waals surface area (Å²) in [6.07, 6.45) is 1.56. The van der Waals surface area contributed by atoms with Crippen LogP contribution in [0, 0.1) is 0 Å². The fraction of sp³-hybridized carbons (Fsp3) is 0.200. The lowest BCUT2D eigenvalue weighted by molar-refractivity contribution is 0.0938. The maximum Gasteiger partial charge on any atom is 0.269 e. The van der Waals surface area contributed by atoms with E-state index in [-0.39, 0.29) is 5.91 Å². The Kier molecular flexibility index (Phi) is 2.63. The Morgan fingerprint density at radius 2 is 2.50 bits per heavy atom. The molecule has 0 saturated heterocycles. The molecule has 2 aromatic rings. The molecule has 1 amide bonds. The zero-order chi connectivity index (χ0) is 11.5. The van der Waals surface area contributed by atoms with E-state index in [9.17, 15) is 4.79 Å². The van der Waals surface area contributed by atoms with Crippen LogP contribution in [-0.2, 0) is 13.6 Å². The summed E-state index contributed by atoms with van der Waals surface area (Å²) in [5.41, 5.74) is 5.90. The van der Waals surface area contributed by atoms with Gasteiger partial charge in [0.15, 0.2) is 0 Å². The molecule has 0 spiro atoms. The fourth-order valence-corrected chi connectivity index (χ4v) is 1.37. The van der Waals surface area contributed by atoms with Crippen molar-refractivity contribution in [2.75, 3.05) is 5.73 Å². The van der Waals surface area contributed by atoms with Crippen molar-refractivity contribution in [3.05, 3.63) is 35.9 Å². The normalized spacial score (nSPS) is 10.3. The fourth-order valence-electron chi connectivity index (χ4n) is 1.37. The molecule has 0 radical (unpaired) electrons. The van der Waals surface area contributed by atoms with Gasteiger partial charge in [-0.15, -0.1) is 0 Å². The molecule has 0 aliphatic rings. The van der Waals surface area contributed by atoms with Gasteiger partial charge in [0.05, 0.1) is 12.8 Å². The van der Waals surface area contributed by atoms with Crippen LogP contribution in [0.1, 0.15) is 16.2 Å². The number of carbonyl (C=O) groups is 1. The summed E-state index contributed by atoms with van der Waals surface area (Å²) in [6, 6.07) is 5.08. The minimum absolute atomic E-state index is 0.233. The first-order valence-corrected chi connectivity index (χ1v) is 4.77. The third-order valence-electron chi connectivity index (χ3n) is 2.13. The number of hydrogen-bond donors (Lipinski definition) is 2. The zero-order valence-electron chi connectivity index (χ0n) is 8.80. The van der Waals surface area contributed by atoms with Gasteiger partial charge in [-0.2, -0.15) is 5.10 Å². The number of hydrogen-bond acceptors (Lipinski definition) is 4. The van der Waals surface area contributed by atoms with E-state index in [0.29, 0.717) is 23.8 Å². The topological polar surface area (TPSA) is 86.1 Å². The number of amides is 1. The highest BCUT2D eigenvalue weighted by Crippen LogP contribution is 2.05. The zero-order valence-corrected chi connectivity index (χ0v) is 8.80. The predicted octanol–water partition coefficient (Wildman–Crippen LogP) is 0.525. The Balaban J connectivity index is 2.01. The van der Waals surface area contributed by atoms with Gasteiger partial charge in [0.2, 0.25) is 0 Å². The van der Waals surface area contributed by atoms with Gasteiger partial charge in [-0.05, 0) is 12.1 Å². The summed E-state index contributed by atoms with van der Waals surface area (Å²) in [4.78, 5) is 11.7. The highest BCUT2D eigenvalue weighted by atomic mass is 16.3. The molecule has 2 heterocycles. The summed E-state index contributed by atoms with van der Waals surface area (Å²) in [7, 11) is 1.66. The molecule has 0 unspecified atom stereocenters. The summed E-state index contributed by atoms with van der Waals surface area (Å²) in [5.74, 6) is 0.789. The van der Waals surface area contributed by atoms with Crippen LogP contribution >= 0.6 is 0 Å². The van der Waals surface area contributed by atoms with Crippen molar-refractivity contribution in [2.24, 2.45) is 7.05 Å². The van der Waals surface area contributed by atoms with Crippen LogP contribution in [0.5, 0.6) is 0 Å². The van der Waals surface area contributed by atoms with E-state index in [1.54, 1.807) is 25.4 Å². The van der Waals surface area contributed by atoms with Crippen LogP contribution in [0.25, 0.3) is 0 Å². The van der Waals surface area contributed by atoms with E-state index < -0.39 is 0 Å². The summed E-state index contributed by atoms with van der Waals surface area (Å²) >= 11 is 0. The molecule has 0 aliphatic carbocycles. The van der Waals surface area contributed by atoms with Crippen LogP contribution in [0.3, 0.4) is 0 Å². The van der Waals surface area contributed by atoms with Crippen LogP contribution < -0.4 is 11.1 Å². The Hall–Kier alpha value is -2.24. The number of furan rings is 1. The standard InChI is InChI=1S/C10H12N4O2/c1-14-8(5-9(11)13-14)10(15)12-6-7-3-2-4-16-7/h2-5H,6H2,1H3,(H2,11,13)(H,12,15). The Morgan fingerprint density at radius 3 is 3.06 bits per heavy atom. The Bertz CT molecular complexity index is 487. The Labute approximate surface area is 92.0 Å². The molecule has 6 heteroatoms. The van der Waals surface area contributed by atoms with Crippen molar-refractivity contribution >= 4 is 11.7 Å². The predicted molar refractivity (Wildman–Crippen MR) is 57.5 cm³/mol. The van der Waals surface area contributed by atoms with Crippen LogP contribution in [0.15, 0.2) is 28.9 Å². The largest absolute Gasteiger partial charge is 0.467 e. The van der Waals surface area contributed by atoms with Crippen molar-refractivity contribution < 1.29 is 9.21 Å². The molecule has 6 nitrogen and oxygen atoms in total. The molecular weight excluding hydrogens is 208 g/mol. The van der Waals surface area contributed by atoms with Gasteiger partial charge in [0.25, 0.3) is 5.91 Å². The van der Waals surface area contributed by atoms with Crippen LogP contribution in [-0.4, -0.2) is 15.7 Å². The number of aromatic nitrogens is 2. The average molecular weight is 220 g/mol. The molecule has 2 aromatic heterocycles. The maximum atomic E-state index is 11.7. The second kappa shape index (κ2) is 4.09. The molecule has 16 heavy (non-hydrogen) atoms. The summed E-state index contributed by atoms with van der Waals surface area (Å²) in [6.45, 7) is 0.344. The van der Waals surface area contributed by atoms with E-state index in [1.165, 1.54) is 10.7 Å². The second-order valence-corrected chi connectivity index (χ2v) is 3.34. The second-order valence-electron chi connectivity index (χ2n) is 3.34. The van der Waals surface area contributed by atoms with E-state index in [0.717, 1.165) is 0 Å². The van der Waals surface area contributed by atoms with Gasteiger partial charge in [0.1, 0.15) is 17.3 Å². The average Bonchev–Trinajstić information content (AvgIpc) is 2.84. The number of nitrogen functional groups attached to an aromatic ring is 1. The van der Waals surface area contributed by atoms with E-state index >= 15 is 0 Å². The number of anilines is 1. The summed E-state index contributed by atoms with van der Waals surface area (Å²) in [5, 5.41) is 6.59. The van der Waals surface area contributed by atoms with E-state index in [2.05, 4.69) is 10.4 Å². The van der Waals surface area contributed by atoms with E-state index in [1.807, 2.05) is 0 Å². The smallest absolute Gasteiger partial charge is 0.269 e. The molecule has 0 bridgehead atoms. The highest BCUT2D eigenvalue weighted by Gasteiger charge is 2.11. The van der Waals surface area contributed by atoms with Crippen molar-refractivity contribution in [1.29, 1.82) is 0 Å². The first-order chi connectivity index (χ1) is 7.66. The van der Waals surface area contributed by atoms with Crippen LogP contribution in [0.4, 0.5) is 5.82 Å². The van der Waals surface area contributed by atoms with Crippen molar-refractivity contribution in [3.63, 3.8) is 0 Å². The third kappa shape index (κ3) is 2.05. The Morgan fingerprint density at radius 1 is 1.69 bits per heavy atom. The molecule has 0 atom stereocenters. The monoisotopic (exact) mass is 220 g/mol. The van der Waals surface area contributed by atoms with Gasteiger partial charge in [-0.1, -0.05) is 0 Å². The number of aryl methyl sites for hydroxylation is 1. The first-order valence-electron chi connectivity index (χ1n) is 4.77. The number of carbonyl (C=O) groups excluding carboxylic acids is 1. The molecule has 84 valence electrons. The lowest BCUT2D eigenvalue weighted by atomic mass is 10.3. The molecule has 0 aromatic carbocycles. The molecule has 3 N–H and O–H groups in total. The van der Waals surface area contributed by atoms with Gasteiger partial charge in [0, 0.05) is 13.1 Å². The maximum absolute atomic E-state index is 11.7. The molecule has 0 aliphatic heterocycles. The van der Waals surface area contributed by atoms with Crippen molar-refractivity contribution in [1.82, 2.24) is 15.1 Å². The quantitative estimate of drug-likeness (QED) is 0.789.